The number of nitrogens with one attached hydrogen (secondary N) is 1. The predicted octanol–water partition coefficient (Wildman–Crippen LogP) is 4.68. The Hall–Kier alpha value is -0.830. The number of thiophene rings is 1. The smallest absolute Gasteiger partial charge is 0.0931 e. The summed E-state index contributed by atoms with van der Waals surface area (Å²) in [5.41, 5.74) is 1.42. The highest BCUT2D eigenvalue weighted by molar-refractivity contribution is 7.16. The third-order valence-electron chi connectivity index (χ3n) is 3.05. The highest BCUT2D eigenvalue weighted by Gasteiger charge is 2.04. The number of hydrogen-bond acceptors (Lipinski definition) is 2. The van der Waals surface area contributed by atoms with Crippen molar-refractivity contribution in [2.75, 3.05) is 6.54 Å². The fourth-order valence-electron chi connectivity index (χ4n) is 1.93. The second-order valence-electron chi connectivity index (χ2n) is 4.48. The van der Waals surface area contributed by atoms with Crippen LogP contribution in [0.3, 0.4) is 0 Å². The molecule has 96 valence electrons. The Labute approximate surface area is 118 Å². The van der Waals surface area contributed by atoms with Crippen molar-refractivity contribution in [3.8, 4) is 0 Å². The number of halogens is 1. The maximum absolute atomic E-state index is 5.89. The predicted molar refractivity (Wildman–Crippen MR) is 80.5 cm³/mol. The molecule has 0 spiro atoms. The van der Waals surface area contributed by atoms with Crippen LogP contribution in [0.25, 0.3) is 0 Å². The Balaban J connectivity index is 1.69. The van der Waals surface area contributed by atoms with Gasteiger partial charge in [0.2, 0.25) is 0 Å². The van der Waals surface area contributed by atoms with Gasteiger partial charge in [0.05, 0.1) is 4.34 Å². The minimum Gasteiger partial charge on any atom is -0.312 e. The first-order valence-electron chi connectivity index (χ1n) is 6.25. The summed E-state index contributed by atoms with van der Waals surface area (Å²) in [7, 11) is 0. The van der Waals surface area contributed by atoms with Crippen molar-refractivity contribution >= 4 is 22.9 Å². The molecular weight excluding hydrogens is 262 g/mol. The lowest BCUT2D eigenvalue weighted by Crippen LogP contribution is -2.15. The van der Waals surface area contributed by atoms with E-state index in [1.165, 1.54) is 10.4 Å². The molecule has 0 saturated carbocycles. The lowest BCUT2D eigenvalue weighted by Gasteiger charge is -2.12. The summed E-state index contributed by atoms with van der Waals surface area (Å²) in [5.74, 6) is 0.602. The summed E-state index contributed by atoms with van der Waals surface area (Å²) in [5, 5.41) is 3.47. The number of benzene rings is 1. The molecule has 2 aromatic rings. The van der Waals surface area contributed by atoms with E-state index < -0.39 is 0 Å². The number of hydrogen-bond donors (Lipinski definition) is 1. The van der Waals surface area contributed by atoms with Gasteiger partial charge in [0.1, 0.15) is 0 Å². The average Bonchev–Trinajstić information content (AvgIpc) is 2.81. The second-order valence-corrected chi connectivity index (χ2v) is 6.28. The molecule has 3 heteroatoms. The Morgan fingerprint density at radius 2 is 1.94 bits per heavy atom. The summed E-state index contributed by atoms with van der Waals surface area (Å²) in [4.78, 5) is 1.30. The van der Waals surface area contributed by atoms with E-state index in [1.54, 1.807) is 11.3 Å². The van der Waals surface area contributed by atoms with E-state index in [2.05, 4.69) is 48.6 Å². The highest BCUT2D eigenvalue weighted by Crippen LogP contribution is 2.21. The van der Waals surface area contributed by atoms with Gasteiger partial charge in [0.25, 0.3) is 0 Å². The van der Waals surface area contributed by atoms with Gasteiger partial charge in [0.15, 0.2) is 0 Å². The van der Waals surface area contributed by atoms with Crippen molar-refractivity contribution < 1.29 is 0 Å². The zero-order chi connectivity index (χ0) is 12.8. The third-order valence-corrected chi connectivity index (χ3v) is 4.28. The van der Waals surface area contributed by atoms with Crippen molar-refractivity contribution in [1.82, 2.24) is 5.32 Å². The minimum absolute atomic E-state index is 0.602. The molecule has 0 aliphatic heterocycles. The van der Waals surface area contributed by atoms with Crippen molar-refractivity contribution in [2.24, 2.45) is 0 Å². The van der Waals surface area contributed by atoms with Crippen LogP contribution in [0.1, 0.15) is 29.7 Å². The summed E-state index contributed by atoms with van der Waals surface area (Å²) in [6.45, 7) is 4.23. The Bertz CT molecular complexity index is 466. The number of rotatable bonds is 6. The minimum atomic E-state index is 0.602. The molecule has 18 heavy (non-hydrogen) atoms. The maximum atomic E-state index is 5.89. The molecule has 0 aliphatic rings. The van der Waals surface area contributed by atoms with Crippen LogP contribution in [-0.2, 0) is 6.54 Å². The van der Waals surface area contributed by atoms with E-state index in [-0.39, 0.29) is 0 Å². The van der Waals surface area contributed by atoms with Crippen molar-refractivity contribution in [2.45, 2.75) is 25.8 Å². The average molecular weight is 280 g/mol. The fourth-order valence-corrected chi connectivity index (χ4v) is 2.98. The second kappa shape index (κ2) is 6.93. The molecule has 1 aromatic heterocycles. The van der Waals surface area contributed by atoms with E-state index in [0.29, 0.717) is 5.92 Å². The van der Waals surface area contributed by atoms with Crippen molar-refractivity contribution in [1.29, 1.82) is 0 Å². The molecule has 2 rings (SSSR count). The van der Waals surface area contributed by atoms with E-state index in [9.17, 15) is 0 Å². The van der Waals surface area contributed by atoms with Crippen molar-refractivity contribution in [3.05, 3.63) is 57.2 Å². The van der Waals surface area contributed by atoms with Crippen LogP contribution in [0.4, 0.5) is 0 Å². The van der Waals surface area contributed by atoms with Crippen molar-refractivity contribution in [3.63, 3.8) is 0 Å². The Kier molecular flexibility index (Phi) is 5.24. The Morgan fingerprint density at radius 1 is 1.17 bits per heavy atom. The molecule has 1 aromatic carbocycles. The molecule has 1 unspecified atom stereocenters. The molecule has 0 aliphatic carbocycles. The summed E-state index contributed by atoms with van der Waals surface area (Å²) in [6.07, 6.45) is 1.16. The zero-order valence-corrected chi connectivity index (χ0v) is 12.1. The lowest BCUT2D eigenvalue weighted by atomic mass is 9.98. The molecule has 0 bridgehead atoms. The van der Waals surface area contributed by atoms with Crippen LogP contribution in [0.2, 0.25) is 4.34 Å². The van der Waals surface area contributed by atoms with Gasteiger partial charge in [-0.1, -0.05) is 48.9 Å². The highest BCUT2D eigenvalue weighted by atomic mass is 35.5. The van der Waals surface area contributed by atoms with Gasteiger partial charge < -0.3 is 5.32 Å². The first-order valence-corrected chi connectivity index (χ1v) is 7.45. The molecule has 1 heterocycles. The standard InChI is InChI=1S/C15H18ClNS/c1-12(13-5-3-2-4-6-13)9-10-17-11-14-7-8-15(16)18-14/h2-8,12,17H,9-11H2,1H3. The normalized spacial score (nSPS) is 12.6. The zero-order valence-electron chi connectivity index (χ0n) is 10.5. The monoisotopic (exact) mass is 279 g/mol. The van der Waals surface area contributed by atoms with Crippen LogP contribution in [0.5, 0.6) is 0 Å². The quantitative estimate of drug-likeness (QED) is 0.757. The summed E-state index contributed by atoms with van der Waals surface area (Å²) >= 11 is 7.54. The van der Waals surface area contributed by atoms with Gasteiger partial charge in [-0.2, -0.15) is 0 Å². The Morgan fingerprint density at radius 3 is 2.61 bits per heavy atom. The van der Waals surface area contributed by atoms with Crippen LogP contribution < -0.4 is 5.32 Å². The molecular formula is C15H18ClNS. The largest absolute Gasteiger partial charge is 0.312 e. The molecule has 0 fully saturated rings. The fraction of sp³-hybridized carbons (Fsp3) is 0.333. The van der Waals surface area contributed by atoms with Crippen LogP contribution in [-0.4, -0.2) is 6.54 Å². The SMILES string of the molecule is CC(CCNCc1ccc(Cl)s1)c1ccccc1. The molecule has 0 radical (unpaired) electrons. The third kappa shape index (κ3) is 4.13. The summed E-state index contributed by atoms with van der Waals surface area (Å²) in [6, 6.07) is 14.7. The van der Waals surface area contributed by atoms with Crippen LogP contribution in [0, 0.1) is 0 Å². The van der Waals surface area contributed by atoms with E-state index in [1.807, 2.05) is 6.07 Å². The molecule has 1 N–H and O–H groups in total. The van der Waals surface area contributed by atoms with Gasteiger partial charge in [-0.25, -0.2) is 0 Å². The van der Waals surface area contributed by atoms with Crippen LogP contribution in [0.15, 0.2) is 42.5 Å². The van der Waals surface area contributed by atoms with E-state index in [0.717, 1.165) is 23.8 Å². The first kappa shape index (κ1) is 13.6. The first-order chi connectivity index (χ1) is 8.75. The maximum Gasteiger partial charge on any atom is 0.0931 e. The van der Waals surface area contributed by atoms with Gasteiger partial charge >= 0.3 is 0 Å². The molecule has 1 atom stereocenters. The molecule has 0 amide bonds. The van der Waals surface area contributed by atoms with Gasteiger partial charge in [-0.15, -0.1) is 11.3 Å². The lowest BCUT2D eigenvalue weighted by molar-refractivity contribution is 0.597. The summed E-state index contributed by atoms with van der Waals surface area (Å²) < 4.78 is 0.865. The molecule has 0 saturated heterocycles. The van der Waals surface area contributed by atoms with E-state index >= 15 is 0 Å². The molecule has 1 nitrogen and oxygen atoms in total. The van der Waals surface area contributed by atoms with E-state index in [4.69, 9.17) is 11.6 Å². The van der Waals surface area contributed by atoms with Gasteiger partial charge in [-0.3, -0.25) is 0 Å². The van der Waals surface area contributed by atoms with Gasteiger partial charge in [-0.05, 0) is 36.6 Å². The van der Waals surface area contributed by atoms with Gasteiger partial charge in [0, 0.05) is 11.4 Å². The topological polar surface area (TPSA) is 12.0 Å². The van der Waals surface area contributed by atoms with Crippen LogP contribution >= 0.6 is 22.9 Å².